The van der Waals surface area contributed by atoms with Crippen LogP contribution in [0.3, 0.4) is 0 Å². The summed E-state index contributed by atoms with van der Waals surface area (Å²) in [7, 11) is 0. The Kier molecular flexibility index (Phi) is 5.58. The third-order valence-corrected chi connectivity index (χ3v) is 5.90. The second kappa shape index (κ2) is 8.14. The second-order valence-electron chi connectivity index (χ2n) is 7.92. The molecule has 0 atom stereocenters. The Morgan fingerprint density at radius 1 is 1.10 bits per heavy atom. The summed E-state index contributed by atoms with van der Waals surface area (Å²) in [6.45, 7) is 1.56. The van der Waals surface area contributed by atoms with Gasteiger partial charge in [-0.3, -0.25) is 4.90 Å². The minimum absolute atomic E-state index is 0.0917. The van der Waals surface area contributed by atoms with E-state index in [-0.39, 0.29) is 35.9 Å². The van der Waals surface area contributed by atoms with Crippen molar-refractivity contribution in [2.45, 2.75) is 50.6 Å². The first-order valence-electron chi connectivity index (χ1n) is 10.2. The summed E-state index contributed by atoms with van der Waals surface area (Å²) in [5.74, 6) is -1.49. The quantitative estimate of drug-likeness (QED) is 0.800. The lowest BCUT2D eigenvalue weighted by atomic mass is 9.87. The molecule has 9 heteroatoms. The Hall–Kier alpha value is -2.42. The maximum atomic E-state index is 14.8. The molecular weight excluding hydrogens is 380 g/mol. The van der Waals surface area contributed by atoms with Crippen molar-refractivity contribution in [3.8, 4) is 5.75 Å². The van der Waals surface area contributed by atoms with Gasteiger partial charge in [0.25, 0.3) is 0 Å². The van der Waals surface area contributed by atoms with Gasteiger partial charge in [0.2, 0.25) is 11.9 Å². The first-order chi connectivity index (χ1) is 14.0. The first-order valence-corrected chi connectivity index (χ1v) is 10.2. The standard InChI is InChI=1S/C20H27F2N5O2/c21-15-10-14(11-16(22)17(15)29-12-13-4-8-28-9-5-13)27-19(24)25-18(23)26-20(27)6-2-1-3-7-20/h10-11,13H,1-9,12H2,(H4,23,24,25,26). The van der Waals surface area contributed by atoms with E-state index < -0.39 is 17.3 Å². The summed E-state index contributed by atoms with van der Waals surface area (Å²) < 4.78 is 40.4. The number of halogens is 2. The predicted octanol–water partition coefficient (Wildman–Crippen LogP) is 2.88. The van der Waals surface area contributed by atoms with Crippen LogP contribution in [-0.4, -0.2) is 37.4 Å². The van der Waals surface area contributed by atoms with Crippen molar-refractivity contribution in [1.29, 1.82) is 0 Å². The first kappa shape index (κ1) is 19.9. The summed E-state index contributed by atoms with van der Waals surface area (Å²) in [5, 5.41) is 0. The number of hydrogen-bond acceptors (Lipinski definition) is 7. The summed E-state index contributed by atoms with van der Waals surface area (Å²) >= 11 is 0. The molecule has 7 nitrogen and oxygen atoms in total. The van der Waals surface area contributed by atoms with Crippen molar-refractivity contribution in [1.82, 2.24) is 0 Å². The number of aliphatic imine (C=N–C) groups is 2. The highest BCUT2D eigenvalue weighted by molar-refractivity contribution is 6.05. The summed E-state index contributed by atoms with van der Waals surface area (Å²) in [6, 6.07) is 2.47. The van der Waals surface area contributed by atoms with Crippen molar-refractivity contribution < 1.29 is 18.3 Å². The molecule has 1 aromatic carbocycles. The van der Waals surface area contributed by atoms with E-state index in [0.29, 0.717) is 26.1 Å². The highest BCUT2D eigenvalue weighted by Gasteiger charge is 2.43. The van der Waals surface area contributed by atoms with Crippen molar-refractivity contribution in [2.75, 3.05) is 24.7 Å². The van der Waals surface area contributed by atoms with Crippen molar-refractivity contribution >= 4 is 17.6 Å². The number of anilines is 1. The van der Waals surface area contributed by atoms with Crippen molar-refractivity contribution in [3.63, 3.8) is 0 Å². The Labute approximate surface area is 168 Å². The fourth-order valence-electron chi connectivity index (χ4n) is 4.42. The molecule has 0 unspecified atom stereocenters. The van der Waals surface area contributed by atoms with E-state index in [1.54, 1.807) is 4.90 Å². The van der Waals surface area contributed by atoms with Gasteiger partial charge < -0.3 is 20.9 Å². The van der Waals surface area contributed by atoms with Gasteiger partial charge in [-0.15, -0.1) is 0 Å². The van der Waals surface area contributed by atoms with Crippen molar-refractivity contribution in [3.05, 3.63) is 23.8 Å². The van der Waals surface area contributed by atoms with Crippen LogP contribution in [0.15, 0.2) is 22.1 Å². The van der Waals surface area contributed by atoms with Gasteiger partial charge in [-0.05, 0) is 44.4 Å². The highest BCUT2D eigenvalue weighted by atomic mass is 19.1. The van der Waals surface area contributed by atoms with Crippen LogP contribution in [0.5, 0.6) is 5.75 Å². The molecule has 4 N–H and O–H groups in total. The number of nitrogens with zero attached hydrogens (tertiary/aromatic N) is 3. The van der Waals surface area contributed by atoms with Crippen LogP contribution >= 0.6 is 0 Å². The molecule has 1 aromatic rings. The molecule has 2 fully saturated rings. The van der Waals surface area contributed by atoms with Gasteiger partial charge in [0.15, 0.2) is 17.4 Å². The normalized spacial score (nSPS) is 22.3. The molecule has 1 aliphatic carbocycles. The molecule has 1 spiro atoms. The molecule has 2 heterocycles. The van der Waals surface area contributed by atoms with Crippen LogP contribution in [0.4, 0.5) is 14.5 Å². The molecule has 0 bridgehead atoms. The maximum absolute atomic E-state index is 14.8. The van der Waals surface area contributed by atoms with Crippen LogP contribution in [0.25, 0.3) is 0 Å². The molecule has 158 valence electrons. The lowest BCUT2D eigenvalue weighted by Crippen LogP contribution is -2.58. The van der Waals surface area contributed by atoms with E-state index in [4.69, 9.17) is 20.9 Å². The van der Waals surface area contributed by atoms with Gasteiger partial charge in [-0.25, -0.2) is 13.8 Å². The smallest absolute Gasteiger partial charge is 0.220 e. The van der Waals surface area contributed by atoms with Gasteiger partial charge in [0.05, 0.1) is 12.3 Å². The van der Waals surface area contributed by atoms with Crippen LogP contribution in [0.1, 0.15) is 44.9 Å². The maximum Gasteiger partial charge on any atom is 0.220 e. The van der Waals surface area contributed by atoms with Gasteiger partial charge in [-0.2, -0.15) is 4.99 Å². The molecule has 4 rings (SSSR count). The molecule has 1 saturated heterocycles. The fourth-order valence-corrected chi connectivity index (χ4v) is 4.42. The number of nitrogens with two attached hydrogens (primary N) is 2. The molecule has 0 radical (unpaired) electrons. The predicted molar refractivity (Wildman–Crippen MR) is 107 cm³/mol. The number of benzene rings is 1. The average Bonchev–Trinajstić information content (AvgIpc) is 2.68. The number of ether oxygens (including phenoxy) is 2. The molecular formula is C20H27F2N5O2. The Bertz CT molecular complexity index is 794. The lowest BCUT2D eigenvalue weighted by Gasteiger charge is -2.45. The monoisotopic (exact) mass is 407 g/mol. The zero-order valence-corrected chi connectivity index (χ0v) is 16.4. The SMILES string of the molecule is NC1=NC2(CCCCC2)N(c2cc(F)c(OCC3CCOCC3)c(F)c2)C(N)=N1. The fraction of sp³-hybridized carbons (Fsp3) is 0.600. The lowest BCUT2D eigenvalue weighted by molar-refractivity contribution is 0.0485. The van der Waals surface area contributed by atoms with Gasteiger partial charge in [0, 0.05) is 25.3 Å². The molecule has 29 heavy (non-hydrogen) atoms. The number of hydrogen-bond donors (Lipinski definition) is 2. The molecule has 0 amide bonds. The minimum atomic E-state index is -0.770. The number of rotatable bonds is 4. The third kappa shape index (κ3) is 4.01. The summed E-state index contributed by atoms with van der Waals surface area (Å²) in [4.78, 5) is 10.2. The summed E-state index contributed by atoms with van der Waals surface area (Å²) in [5.41, 5.74) is 11.5. The topological polar surface area (TPSA) is 98.5 Å². The Balaban J connectivity index is 1.60. The van der Waals surface area contributed by atoms with Gasteiger partial charge >= 0.3 is 0 Å². The van der Waals surface area contributed by atoms with Crippen LogP contribution in [-0.2, 0) is 4.74 Å². The largest absolute Gasteiger partial charge is 0.487 e. The second-order valence-corrected chi connectivity index (χ2v) is 7.92. The van der Waals surface area contributed by atoms with E-state index >= 15 is 0 Å². The minimum Gasteiger partial charge on any atom is -0.487 e. The van der Waals surface area contributed by atoms with Crippen LogP contribution < -0.4 is 21.1 Å². The van der Waals surface area contributed by atoms with Gasteiger partial charge in [0.1, 0.15) is 5.66 Å². The molecule has 3 aliphatic rings. The van der Waals surface area contributed by atoms with Gasteiger partial charge in [-0.1, -0.05) is 6.42 Å². The van der Waals surface area contributed by atoms with Crippen LogP contribution in [0, 0.1) is 17.6 Å². The molecule has 2 aliphatic heterocycles. The average molecular weight is 407 g/mol. The van der Waals surface area contributed by atoms with Crippen molar-refractivity contribution in [2.24, 2.45) is 27.4 Å². The van der Waals surface area contributed by atoms with E-state index in [1.807, 2.05) is 0 Å². The third-order valence-electron chi connectivity index (χ3n) is 5.90. The van der Waals surface area contributed by atoms with E-state index in [1.165, 1.54) is 12.1 Å². The Morgan fingerprint density at radius 2 is 1.76 bits per heavy atom. The Morgan fingerprint density at radius 3 is 2.41 bits per heavy atom. The molecule has 1 saturated carbocycles. The van der Waals surface area contributed by atoms with E-state index in [0.717, 1.165) is 32.1 Å². The zero-order chi connectivity index (χ0) is 20.4. The van der Waals surface area contributed by atoms with Crippen LogP contribution in [0.2, 0.25) is 0 Å². The number of guanidine groups is 2. The van der Waals surface area contributed by atoms with E-state index in [2.05, 4.69) is 9.98 Å². The molecule has 0 aromatic heterocycles. The summed E-state index contributed by atoms with van der Waals surface area (Å²) in [6.07, 6.45) is 5.96. The highest BCUT2D eigenvalue weighted by Crippen LogP contribution is 2.41. The zero-order valence-electron chi connectivity index (χ0n) is 16.4. The van der Waals surface area contributed by atoms with E-state index in [9.17, 15) is 8.78 Å².